The SMILES string of the molecule is [2H]c1c([2H])c([2H])c2c(-c3c4ccccc4c(-c4ccc5oc6cc7ccccc7cc6c5c4)c4ccccc34)c([2H])c([2H])c([2H])c2c1[2H]. The predicted octanol–water partition coefficient (Wildman–Crippen LogP) is 11.5. The first-order valence-corrected chi connectivity index (χ1v) is 13.5. The summed E-state index contributed by atoms with van der Waals surface area (Å²) in [6.45, 7) is 0. The van der Waals surface area contributed by atoms with Crippen LogP contribution in [0.5, 0.6) is 0 Å². The minimum Gasteiger partial charge on any atom is -0.456 e. The van der Waals surface area contributed by atoms with Crippen molar-refractivity contribution < 1.29 is 14.0 Å². The van der Waals surface area contributed by atoms with Crippen molar-refractivity contribution in [3.63, 3.8) is 0 Å². The van der Waals surface area contributed by atoms with Gasteiger partial charge in [0, 0.05) is 10.8 Å². The molecule has 0 aliphatic rings. The van der Waals surface area contributed by atoms with Gasteiger partial charge in [-0.3, -0.25) is 0 Å². The number of fused-ring (bicyclic) bond motifs is 7. The fourth-order valence-electron chi connectivity index (χ4n) is 6.33. The molecule has 0 aliphatic carbocycles. The summed E-state index contributed by atoms with van der Waals surface area (Å²) in [5, 5.41) is 7.59. The summed E-state index contributed by atoms with van der Waals surface area (Å²) in [4.78, 5) is 0. The lowest BCUT2D eigenvalue weighted by molar-refractivity contribution is 0.669. The predicted molar refractivity (Wildman–Crippen MR) is 175 cm³/mol. The van der Waals surface area contributed by atoms with Crippen molar-refractivity contribution in [1.82, 2.24) is 0 Å². The Bertz CT molecular complexity index is 2810. The summed E-state index contributed by atoms with van der Waals surface area (Å²) >= 11 is 0. The Labute approximate surface area is 246 Å². The van der Waals surface area contributed by atoms with E-state index in [-0.39, 0.29) is 46.5 Å². The van der Waals surface area contributed by atoms with Gasteiger partial charge in [-0.05, 0) is 89.6 Å². The van der Waals surface area contributed by atoms with Gasteiger partial charge in [0.1, 0.15) is 11.2 Å². The fraction of sp³-hybridized carbons (Fsp3) is 0. The first-order chi connectivity index (χ1) is 23.2. The molecule has 1 nitrogen and oxygen atoms in total. The van der Waals surface area contributed by atoms with Crippen LogP contribution in [0, 0.1) is 0 Å². The van der Waals surface area contributed by atoms with Gasteiger partial charge in [-0.1, -0.05) is 121 Å². The van der Waals surface area contributed by atoms with E-state index >= 15 is 0 Å². The van der Waals surface area contributed by atoms with Crippen molar-refractivity contribution in [2.45, 2.75) is 0 Å². The van der Waals surface area contributed by atoms with Crippen LogP contribution in [0.15, 0.2) is 150 Å². The molecule has 0 saturated heterocycles. The maximum absolute atomic E-state index is 9.15. The van der Waals surface area contributed by atoms with Gasteiger partial charge >= 0.3 is 0 Å². The first kappa shape index (κ1) is 16.6. The van der Waals surface area contributed by atoms with Gasteiger partial charge in [0.25, 0.3) is 0 Å². The van der Waals surface area contributed by atoms with Crippen LogP contribution in [0.3, 0.4) is 0 Å². The summed E-state index contributed by atoms with van der Waals surface area (Å²) in [6, 6.07) is 31.7. The molecule has 0 atom stereocenters. The van der Waals surface area contributed by atoms with Gasteiger partial charge in [0.05, 0.1) is 9.60 Å². The Hall–Kier alpha value is -5.40. The minimum atomic E-state index is -0.468. The zero-order valence-corrected chi connectivity index (χ0v) is 21.7. The quantitative estimate of drug-likeness (QED) is 0.204. The molecule has 1 aromatic heterocycles. The van der Waals surface area contributed by atoms with E-state index in [1.807, 2.05) is 66.7 Å². The van der Waals surface area contributed by atoms with Gasteiger partial charge in [-0.25, -0.2) is 0 Å². The Morgan fingerprint density at radius 1 is 0.415 bits per heavy atom. The average molecular weight is 528 g/mol. The molecule has 190 valence electrons. The summed E-state index contributed by atoms with van der Waals surface area (Å²) in [5.41, 5.74) is 4.36. The summed E-state index contributed by atoms with van der Waals surface area (Å²) in [7, 11) is 0. The number of furan rings is 1. The van der Waals surface area contributed by atoms with Crippen LogP contribution in [0.2, 0.25) is 0 Å². The molecule has 0 amide bonds. The van der Waals surface area contributed by atoms with Crippen molar-refractivity contribution >= 4 is 65.0 Å². The van der Waals surface area contributed by atoms with E-state index in [0.717, 1.165) is 65.4 Å². The van der Waals surface area contributed by atoms with E-state index < -0.39 is 12.1 Å². The molecular weight excluding hydrogens is 496 g/mol. The number of hydrogen-bond donors (Lipinski definition) is 0. The Morgan fingerprint density at radius 2 is 1.02 bits per heavy atom. The highest BCUT2D eigenvalue weighted by Gasteiger charge is 2.19. The number of rotatable bonds is 2. The van der Waals surface area contributed by atoms with E-state index in [9.17, 15) is 0 Å². The van der Waals surface area contributed by atoms with Crippen LogP contribution in [0.4, 0.5) is 0 Å². The lowest BCUT2D eigenvalue weighted by atomic mass is 9.84. The molecule has 0 N–H and O–H groups in total. The molecule has 9 aromatic rings. The maximum Gasteiger partial charge on any atom is 0.136 e. The monoisotopic (exact) mass is 527 g/mol. The molecule has 0 spiro atoms. The summed E-state index contributed by atoms with van der Waals surface area (Å²) in [6.07, 6.45) is 0. The van der Waals surface area contributed by atoms with E-state index in [2.05, 4.69) is 36.4 Å². The lowest BCUT2D eigenvalue weighted by Gasteiger charge is -2.18. The zero-order chi connectivity index (χ0) is 33.0. The molecule has 9 rings (SSSR count). The lowest BCUT2D eigenvalue weighted by Crippen LogP contribution is -1.91. The molecule has 0 saturated carbocycles. The fourth-order valence-corrected chi connectivity index (χ4v) is 6.33. The summed E-state index contributed by atoms with van der Waals surface area (Å²) in [5.74, 6) is 0. The van der Waals surface area contributed by atoms with Gasteiger partial charge in [0.15, 0.2) is 0 Å². The molecule has 1 heteroatoms. The van der Waals surface area contributed by atoms with Crippen LogP contribution in [0.25, 0.3) is 87.3 Å². The van der Waals surface area contributed by atoms with E-state index in [1.165, 1.54) is 0 Å². The molecule has 0 bridgehead atoms. The molecule has 41 heavy (non-hydrogen) atoms. The second-order valence-electron chi connectivity index (χ2n) is 10.3. The molecule has 0 fully saturated rings. The molecule has 0 unspecified atom stereocenters. The van der Waals surface area contributed by atoms with Crippen LogP contribution < -0.4 is 0 Å². The molecule has 0 aliphatic heterocycles. The zero-order valence-electron chi connectivity index (χ0n) is 28.7. The summed E-state index contributed by atoms with van der Waals surface area (Å²) < 4.78 is 67.2. The maximum atomic E-state index is 9.15. The van der Waals surface area contributed by atoms with Gasteiger partial charge < -0.3 is 4.42 Å². The number of benzene rings is 8. The van der Waals surface area contributed by atoms with E-state index in [4.69, 9.17) is 14.0 Å². The average Bonchev–Trinajstić information content (AvgIpc) is 3.46. The molecular formula is C40H24O. The van der Waals surface area contributed by atoms with Gasteiger partial charge in [0.2, 0.25) is 0 Å². The van der Waals surface area contributed by atoms with Crippen LogP contribution in [-0.2, 0) is 0 Å². The Kier molecular flexibility index (Phi) is 3.47. The van der Waals surface area contributed by atoms with Crippen molar-refractivity contribution in [2.75, 3.05) is 0 Å². The first-order valence-electron chi connectivity index (χ1n) is 17.0. The third kappa shape index (κ3) is 3.30. The smallest absolute Gasteiger partial charge is 0.136 e. The van der Waals surface area contributed by atoms with Crippen molar-refractivity contribution in [3.8, 4) is 22.3 Å². The standard InChI is InChI=1S/C40H24O/c1-2-12-27-24-38-36(22-26(27)11-1)35-23-28(20-21-37(35)41-38)39-31-15-5-7-17-33(31)40(34-18-8-6-16-32(34)39)30-19-9-13-25-10-3-4-14-29(25)30/h1-24H/i3D,4D,9D,10D,13D,14D,19D. The van der Waals surface area contributed by atoms with Crippen LogP contribution in [-0.4, -0.2) is 0 Å². The highest BCUT2D eigenvalue weighted by atomic mass is 16.3. The molecule has 0 radical (unpaired) electrons. The second kappa shape index (κ2) is 8.55. The van der Waals surface area contributed by atoms with E-state index in [0.29, 0.717) is 5.56 Å². The largest absolute Gasteiger partial charge is 0.456 e. The van der Waals surface area contributed by atoms with Crippen LogP contribution >= 0.6 is 0 Å². The van der Waals surface area contributed by atoms with Gasteiger partial charge in [-0.15, -0.1) is 0 Å². The third-order valence-electron chi connectivity index (χ3n) is 8.12. The second-order valence-corrected chi connectivity index (χ2v) is 10.3. The molecule has 1 heterocycles. The topological polar surface area (TPSA) is 13.1 Å². The van der Waals surface area contributed by atoms with Crippen molar-refractivity contribution in [3.05, 3.63) is 145 Å². The normalized spacial score (nSPS) is 14.3. The Balaban J connectivity index is 1.43. The highest BCUT2D eigenvalue weighted by molar-refractivity contribution is 6.24. The van der Waals surface area contributed by atoms with Gasteiger partial charge in [-0.2, -0.15) is 0 Å². The minimum absolute atomic E-state index is 0.0564. The van der Waals surface area contributed by atoms with Crippen molar-refractivity contribution in [1.29, 1.82) is 0 Å². The molecule has 8 aromatic carbocycles. The number of hydrogen-bond acceptors (Lipinski definition) is 1. The third-order valence-corrected chi connectivity index (χ3v) is 8.12. The van der Waals surface area contributed by atoms with Crippen molar-refractivity contribution in [2.24, 2.45) is 0 Å². The van der Waals surface area contributed by atoms with E-state index in [1.54, 1.807) is 0 Å². The highest BCUT2D eigenvalue weighted by Crippen LogP contribution is 2.46. The Morgan fingerprint density at radius 3 is 1.78 bits per heavy atom. The van der Waals surface area contributed by atoms with Crippen LogP contribution in [0.1, 0.15) is 9.60 Å².